The van der Waals surface area contributed by atoms with Crippen molar-refractivity contribution in [2.75, 3.05) is 19.4 Å². The van der Waals surface area contributed by atoms with Crippen molar-refractivity contribution < 1.29 is 14.0 Å². The molecule has 2 aromatic heterocycles. The van der Waals surface area contributed by atoms with E-state index in [1.54, 1.807) is 33.2 Å². The summed E-state index contributed by atoms with van der Waals surface area (Å²) >= 11 is 1.16. The molecule has 0 aromatic carbocycles. The monoisotopic (exact) mass is 319 g/mol. The summed E-state index contributed by atoms with van der Waals surface area (Å²) in [6.45, 7) is 3.57. The topological polar surface area (TPSA) is 75.4 Å². The third kappa shape index (κ3) is 3.82. The minimum Gasteiger partial charge on any atom is -0.462 e. The highest BCUT2D eigenvalue weighted by molar-refractivity contribution is 7.17. The Hall–Kier alpha value is -2.41. The van der Waals surface area contributed by atoms with Crippen LogP contribution in [-0.4, -0.2) is 35.8 Å². The fourth-order valence-corrected chi connectivity index (χ4v) is 2.69. The zero-order chi connectivity index (χ0) is 16.3. The third-order valence-corrected chi connectivity index (χ3v) is 3.85. The standard InChI is InChI=1S/C15H17N3O3S/c1-9-5-6-11(21-9)7-8-12(19)17-15-16-10(2)13(22-15)14(20)18(3)4/h5-8H,1-4H3,(H,16,17,19). The van der Waals surface area contributed by atoms with Gasteiger partial charge in [0.2, 0.25) is 5.91 Å². The van der Waals surface area contributed by atoms with Crippen molar-refractivity contribution >= 4 is 34.4 Å². The van der Waals surface area contributed by atoms with E-state index < -0.39 is 0 Å². The Balaban J connectivity index is 2.04. The maximum absolute atomic E-state index is 11.9. The molecule has 116 valence electrons. The molecule has 0 saturated carbocycles. The molecule has 7 heteroatoms. The molecule has 2 rings (SSSR count). The molecule has 0 atom stereocenters. The number of nitrogens with zero attached hydrogens (tertiary/aromatic N) is 2. The van der Waals surface area contributed by atoms with Crippen LogP contribution in [0.3, 0.4) is 0 Å². The van der Waals surface area contributed by atoms with Gasteiger partial charge >= 0.3 is 0 Å². The van der Waals surface area contributed by atoms with Gasteiger partial charge in [0.15, 0.2) is 5.13 Å². The van der Waals surface area contributed by atoms with E-state index in [9.17, 15) is 9.59 Å². The number of amides is 2. The Morgan fingerprint density at radius 2 is 2.05 bits per heavy atom. The summed E-state index contributed by atoms with van der Waals surface area (Å²) in [5, 5.41) is 3.04. The number of aryl methyl sites for hydroxylation is 2. The first kappa shape index (κ1) is 16.0. The quantitative estimate of drug-likeness (QED) is 0.879. The average molecular weight is 319 g/mol. The fraction of sp³-hybridized carbons (Fsp3) is 0.267. The van der Waals surface area contributed by atoms with Gasteiger partial charge in [-0.05, 0) is 32.1 Å². The number of aromatic nitrogens is 1. The van der Waals surface area contributed by atoms with Gasteiger partial charge in [0.05, 0.1) is 5.69 Å². The van der Waals surface area contributed by atoms with Crippen LogP contribution < -0.4 is 5.32 Å². The van der Waals surface area contributed by atoms with Crippen molar-refractivity contribution in [3.63, 3.8) is 0 Å². The van der Waals surface area contributed by atoms with Gasteiger partial charge < -0.3 is 9.32 Å². The van der Waals surface area contributed by atoms with Crippen molar-refractivity contribution in [2.24, 2.45) is 0 Å². The van der Waals surface area contributed by atoms with Crippen LogP contribution in [0.25, 0.3) is 6.08 Å². The van der Waals surface area contributed by atoms with E-state index in [2.05, 4.69) is 10.3 Å². The molecule has 22 heavy (non-hydrogen) atoms. The molecule has 1 N–H and O–H groups in total. The number of hydrogen-bond donors (Lipinski definition) is 1. The Bertz CT molecular complexity index is 728. The average Bonchev–Trinajstić information content (AvgIpc) is 3.01. The van der Waals surface area contributed by atoms with Gasteiger partial charge in [-0.1, -0.05) is 11.3 Å². The van der Waals surface area contributed by atoms with Crippen LogP contribution in [-0.2, 0) is 4.79 Å². The number of furan rings is 1. The van der Waals surface area contributed by atoms with Crippen LogP contribution in [0.5, 0.6) is 0 Å². The highest BCUT2D eigenvalue weighted by atomic mass is 32.1. The predicted octanol–water partition coefficient (Wildman–Crippen LogP) is 2.71. The number of hydrogen-bond acceptors (Lipinski definition) is 5. The SMILES string of the molecule is Cc1ccc(C=CC(=O)Nc2nc(C)c(C(=O)N(C)C)s2)o1. The number of thiazole rings is 1. The summed E-state index contributed by atoms with van der Waals surface area (Å²) in [5.41, 5.74) is 0.602. The molecule has 0 fully saturated rings. The lowest BCUT2D eigenvalue weighted by atomic mass is 10.3. The van der Waals surface area contributed by atoms with E-state index in [4.69, 9.17) is 4.42 Å². The summed E-state index contributed by atoms with van der Waals surface area (Å²) in [6, 6.07) is 3.60. The molecule has 0 aliphatic carbocycles. The first-order chi connectivity index (χ1) is 10.4. The van der Waals surface area contributed by atoms with Gasteiger partial charge in [-0.15, -0.1) is 0 Å². The number of carbonyl (C=O) groups is 2. The first-order valence-electron chi connectivity index (χ1n) is 6.61. The van der Waals surface area contributed by atoms with Crippen LogP contribution in [0.2, 0.25) is 0 Å². The maximum Gasteiger partial charge on any atom is 0.265 e. The lowest BCUT2D eigenvalue weighted by Gasteiger charge is -2.07. The number of nitrogens with one attached hydrogen (secondary N) is 1. The highest BCUT2D eigenvalue weighted by Crippen LogP contribution is 2.23. The lowest BCUT2D eigenvalue weighted by molar-refractivity contribution is -0.111. The summed E-state index contributed by atoms with van der Waals surface area (Å²) in [6.07, 6.45) is 2.94. The number of rotatable bonds is 4. The van der Waals surface area contributed by atoms with E-state index >= 15 is 0 Å². The van der Waals surface area contributed by atoms with Crippen molar-refractivity contribution in [3.05, 3.63) is 40.3 Å². The maximum atomic E-state index is 11.9. The zero-order valence-electron chi connectivity index (χ0n) is 12.8. The van der Waals surface area contributed by atoms with Crippen LogP contribution in [0, 0.1) is 13.8 Å². The predicted molar refractivity (Wildman–Crippen MR) is 86.0 cm³/mol. The molecule has 0 aliphatic heterocycles. The summed E-state index contributed by atoms with van der Waals surface area (Å²) in [5.74, 6) is 0.928. The van der Waals surface area contributed by atoms with Gasteiger partial charge in [0, 0.05) is 20.2 Å². The van der Waals surface area contributed by atoms with Gasteiger partial charge in [-0.3, -0.25) is 14.9 Å². The Morgan fingerprint density at radius 3 is 2.64 bits per heavy atom. The van der Waals surface area contributed by atoms with Crippen LogP contribution in [0.15, 0.2) is 22.6 Å². The second-order valence-electron chi connectivity index (χ2n) is 4.90. The third-order valence-electron chi connectivity index (χ3n) is 2.79. The molecule has 0 saturated heterocycles. The van der Waals surface area contributed by atoms with Crippen molar-refractivity contribution in [2.45, 2.75) is 13.8 Å². The van der Waals surface area contributed by atoms with E-state index in [0.29, 0.717) is 21.5 Å². The Morgan fingerprint density at radius 1 is 1.32 bits per heavy atom. The second kappa shape index (κ2) is 6.57. The first-order valence-corrected chi connectivity index (χ1v) is 7.43. The summed E-state index contributed by atoms with van der Waals surface area (Å²) in [4.78, 5) is 30.0. The molecule has 0 spiro atoms. The lowest BCUT2D eigenvalue weighted by Crippen LogP contribution is -2.21. The van der Waals surface area contributed by atoms with E-state index in [1.165, 1.54) is 11.0 Å². The minimum absolute atomic E-state index is 0.128. The minimum atomic E-state index is -0.327. The smallest absolute Gasteiger partial charge is 0.265 e. The molecule has 0 radical (unpaired) electrons. The molecule has 0 aliphatic rings. The normalized spacial score (nSPS) is 10.9. The van der Waals surface area contributed by atoms with Crippen LogP contribution in [0.1, 0.15) is 26.9 Å². The Labute approximate surface area is 132 Å². The molecular formula is C15H17N3O3S. The van der Waals surface area contributed by atoms with Crippen LogP contribution in [0.4, 0.5) is 5.13 Å². The van der Waals surface area contributed by atoms with E-state index in [0.717, 1.165) is 17.1 Å². The molecule has 2 amide bonds. The molecular weight excluding hydrogens is 302 g/mol. The van der Waals surface area contributed by atoms with Gasteiger partial charge in [-0.25, -0.2) is 4.98 Å². The molecule has 6 nitrogen and oxygen atoms in total. The van der Waals surface area contributed by atoms with E-state index in [1.807, 2.05) is 13.0 Å². The molecule has 0 bridgehead atoms. The zero-order valence-corrected chi connectivity index (χ0v) is 13.7. The van der Waals surface area contributed by atoms with Gasteiger partial charge in [0.1, 0.15) is 16.4 Å². The second-order valence-corrected chi connectivity index (χ2v) is 5.90. The largest absolute Gasteiger partial charge is 0.462 e. The van der Waals surface area contributed by atoms with Crippen LogP contribution >= 0.6 is 11.3 Å². The van der Waals surface area contributed by atoms with Crippen molar-refractivity contribution in [1.82, 2.24) is 9.88 Å². The summed E-state index contributed by atoms with van der Waals surface area (Å²) in [7, 11) is 3.35. The molecule has 0 unspecified atom stereocenters. The number of carbonyl (C=O) groups excluding carboxylic acids is 2. The highest BCUT2D eigenvalue weighted by Gasteiger charge is 2.17. The Kier molecular flexibility index (Phi) is 4.77. The van der Waals surface area contributed by atoms with E-state index in [-0.39, 0.29) is 11.8 Å². The fourth-order valence-electron chi connectivity index (χ4n) is 1.70. The molecule has 2 heterocycles. The van der Waals surface area contributed by atoms with Gasteiger partial charge in [-0.2, -0.15) is 0 Å². The van der Waals surface area contributed by atoms with Crippen molar-refractivity contribution in [1.29, 1.82) is 0 Å². The summed E-state index contributed by atoms with van der Waals surface area (Å²) < 4.78 is 5.34. The van der Waals surface area contributed by atoms with Gasteiger partial charge in [0.25, 0.3) is 5.91 Å². The molecule has 2 aromatic rings. The van der Waals surface area contributed by atoms with Crippen molar-refractivity contribution in [3.8, 4) is 0 Å². The number of anilines is 1.